The van der Waals surface area contributed by atoms with Crippen LogP contribution in [0.15, 0.2) is 6.20 Å². The van der Waals surface area contributed by atoms with E-state index in [1.165, 1.54) is 0 Å². The molecule has 0 radical (unpaired) electrons. The molecule has 1 aliphatic carbocycles. The number of aromatic nitrogens is 2. The van der Waals surface area contributed by atoms with E-state index >= 15 is 0 Å². The first-order valence-electron chi connectivity index (χ1n) is 9.63. The number of nitro groups is 1. The van der Waals surface area contributed by atoms with Crippen molar-refractivity contribution in [3.63, 3.8) is 0 Å². The van der Waals surface area contributed by atoms with Gasteiger partial charge < -0.3 is 26.4 Å². The second-order valence-corrected chi connectivity index (χ2v) is 7.48. The summed E-state index contributed by atoms with van der Waals surface area (Å²) < 4.78 is 0. The average Bonchev–Trinajstić information content (AvgIpc) is 3.12. The average molecular weight is 393 g/mol. The maximum Gasteiger partial charge on any atom is 0.329 e. The van der Waals surface area contributed by atoms with E-state index in [1.54, 1.807) is 4.90 Å². The van der Waals surface area contributed by atoms with Crippen molar-refractivity contribution in [1.29, 1.82) is 0 Å². The van der Waals surface area contributed by atoms with Gasteiger partial charge in [-0.3, -0.25) is 14.9 Å². The molecule has 1 amide bonds. The van der Waals surface area contributed by atoms with Gasteiger partial charge in [0.1, 0.15) is 6.20 Å². The van der Waals surface area contributed by atoms with Gasteiger partial charge in [-0.2, -0.15) is 4.98 Å². The molecule has 154 valence electrons. The van der Waals surface area contributed by atoms with Crippen molar-refractivity contribution >= 4 is 23.4 Å². The minimum Gasteiger partial charge on any atom is -0.391 e. The predicted molar refractivity (Wildman–Crippen MR) is 103 cm³/mol. The van der Waals surface area contributed by atoms with Gasteiger partial charge in [0.15, 0.2) is 0 Å². The summed E-state index contributed by atoms with van der Waals surface area (Å²) >= 11 is 0. The first-order chi connectivity index (χ1) is 13.4. The normalized spacial score (nSPS) is 24.8. The number of hydrogen-bond donors (Lipinski definition) is 4. The highest BCUT2D eigenvalue weighted by atomic mass is 16.6. The summed E-state index contributed by atoms with van der Waals surface area (Å²) in [7, 11) is 0. The van der Waals surface area contributed by atoms with Gasteiger partial charge in [-0.25, -0.2) is 4.98 Å². The maximum absolute atomic E-state index is 12.1. The largest absolute Gasteiger partial charge is 0.391 e. The van der Waals surface area contributed by atoms with E-state index in [0.29, 0.717) is 32.0 Å². The lowest BCUT2D eigenvalue weighted by Gasteiger charge is -2.26. The number of nitrogens with zero attached hydrogens (tertiary/aromatic N) is 4. The zero-order valence-electron chi connectivity index (χ0n) is 15.7. The summed E-state index contributed by atoms with van der Waals surface area (Å²) in [5, 5.41) is 26.7. The number of aliphatic hydroxyl groups excluding tert-OH is 1. The number of carbonyl (C=O) groups is 1. The molecule has 0 spiro atoms. The Balaban J connectivity index is 1.59. The van der Waals surface area contributed by atoms with E-state index in [9.17, 15) is 20.0 Å². The first kappa shape index (κ1) is 20.2. The van der Waals surface area contributed by atoms with Gasteiger partial charge >= 0.3 is 5.69 Å². The molecule has 0 bridgehead atoms. The molecular weight excluding hydrogens is 366 g/mol. The van der Waals surface area contributed by atoms with Crippen molar-refractivity contribution in [3.05, 3.63) is 16.3 Å². The van der Waals surface area contributed by atoms with Crippen LogP contribution in [0.3, 0.4) is 0 Å². The number of rotatable bonds is 7. The van der Waals surface area contributed by atoms with E-state index in [1.807, 2.05) is 0 Å². The maximum atomic E-state index is 12.1. The van der Waals surface area contributed by atoms with Crippen LogP contribution in [0.25, 0.3) is 0 Å². The quantitative estimate of drug-likeness (QED) is 0.378. The monoisotopic (exact) mass is 393 g/mol. The molecule has 1 aromatic heterocycles. The van der Waals surface area contributed by atoms with E-state index in [4.69, 9.17) is 5.73 Å². The van der Waals surface area contributed by atoms with Crippen molar-refractivity contribution in [3.8, 4) is 0 Å². The molecule has 2 aliphatic rings. The summed E-state index contributed by atoms with van der Waals surface area (Å²) in [4.78, 5) is 32.6. The highest BCUT2D eigenvalue weighted by Crippen LogP contribution is 2.26. The number of nitrogens with one attached hydrogen (secondary N) is 2. The van der Waals surface area contributed by atoms with E-state index in [-0.39, 0.29) is 35.9 Å². The summed E-state index contributed by atoms with van der Waals surface area (Å²) in [6.07, 6.45) is 5.10. The molecule has 1 aliphatic heterocycles. The van der Waals surface area contributed by atoms with Crippen LogP contribution in [0.1, 0.15) is 32.1 Å². The van der Waals surface area contributed by atoms with Crippen LogP contribution in [0, 0.1) is 16.0 Å². The molecular formula is C17H27N7O4. The third kappa shape index (κ3) is 5.26. The molecule has 2 heterocycles. The Hall–Kier alpha value is -2.53. The molecule has 11 heteroatoms. The fraction of sp³-hybridized carbons (Fsp3) is 0.706. The van der Waals surface area contributed by atoms with Crippen molar-refractivity contribution in [2.75, 3.05) is 36.8 Å². The molecule has 5 N–H and O–H groups in total. The summed E-state index contributed by atoms with van der Waals surface area (Å²) in [5.41, 5.74) is 5.71. The number of anilines is 2. The molecule has 0 aromatic carbocycles. The van der Waals surface area contributed by atoms with Crippen LogP contribution in [-0.4, -0.2) is 69.1 Å². The van der Waals surface area contributed by atoms with Crippen molar-refractivity contribution in [1.82, 2.24) is 14.9 Å². The summed E-state index contributed by atoms with van der Waals surface area (Å²) in [6, 6.07) is 0.245. The van der Waals surface area contributed by atoms with Gasteiger partial charge in [-0.15, -0.1) is 0 Å². The van der Waals surface area contributed by atoms with Gasteiger partial charge in [0.25, 0.3) is 0 Å². The lowest BCUT2D eigenvalue weighted by Crippen LogP contribution is -2.34. The van der Waals surface area contributed by atoms with Crippen LogP contribution < -0.4 is 16.4 Å². The van der Waals surface area contributed by atoms with Crippen molar-refractivity contribution < 1.29 is 14.8 Å². The number of amides is 1. The number of β-amino-alcohol motifs (C(OH)–C–C–N with tert-alkyl or cyclic N) is 1. The Labute approximate surface area is 162 Å². The zero-order valence-corrected chi connectivity index (χ0v) is 15.7. The van der Waals surface area contributed by atoms with Gasteiger partial charge in [0.2, 0.25) is 17.7 Å². The summed E-state index contributed by atoms with van der Waals surface area (Å²) in [5.74, 6) is 0.508. The molecule has 28 heavy (non-hydrogen) atoms. The Kier molecular flexibility index (Phi) is 6.57. The van der Waals surface area contributed by atoms with Crippen molar-refractivity contribution in [2.24, 2.45) is 11.7 Å². The first-order valence-corrected chi connectivity index (χ1v) is 9.63. The van der Waals surface area contributed by atoms with Gasteiger partial charge in [-0.1, -0.05) is 0 Å². The van der Waals surface area contributed by atoms with Gasteiger partial charge in [-0.05, 0) is 38.0 Å². The molecule has 1 aromatic rings. The molecule has 1 unspecified atom stereocenters. The number of hydrogen-bond acceptors (Lipinski definition) is 9. The lowest BCUT2D eigenvalue weighted by atomic mass is 9.86. The second-order valence-electron chi connectivity index (χ2n) is 7.48. The molecule has 1 saturated carbocycles. The molecule has 2 fully saturated rings. The Morgan fingerprint density at radius 1 is 1.32 bits per heavy atom. The van der Waals surface area contributed by atoms with Gasteiger partial charge in [0.05, 0.1) is 17.6 Å². The van der Waals surface area contributed by atoms with Crippen molar-refractivity contribution in [2.45, 2.75) is 44.2 Å². The third-order valence-corrected chi connectivity index (χ3v) is 5.33. The topological polar surface area (TPSA) is 160 Å². The predicted octanol–water partition coefficient (Wildman–Crippen LogP) is 0.319. The Bertz CT molecular complexity index is 709. The highest BCUT2D eigenvalue weighted by molar-refractivity contribution is 5.80. The molecule has 11 nitrogen and oxygen atoms in total. The SMILES string of the molecule is N[C@H]1CC[C@H](CNc2nc(NCC(=O)N3CCC(O)C3)ncc2[N+](=O)[O-])CC1. The molecule has 1 atom stereocenters. The minimum atomic E-state index is -0.528. The third-order valence-electron chi connectivity index (χ3n) is 5.33. The Morgan fingerprint density at radius 2 is 2.07 bits per heavy atom. The lowest BCUT2D eigenvalue weighted by molar-refractivity contribution is -0.384. The minimum absolute atomic E-state index is 0.0372. The Morgan fingerprint density at radius 3 is 2.71 bits per heavy atom. The smallest absolute Gasteiger partial charge is 0.329 e. The molecule has 1 saturated heterocycles. The summed E-state index contributed by atoms with van der Waals surface area (Å²) in [6.45, 7) is 1.37. The van der Waals surface area contributed by atoms with Crippen LogP contribution in [0.2, 0.25) is 0 Å². The fourth-order valence-corrected chi connectivity index (χ4v) is 3.59. The number of nitrogens with two attached hydrogens (primary N) is 1. The zero-order chi connectivity index (χ0) is 20.1. The number of carbonyl (C=O) groups excluding carboxylic acids is 1. The van der Waals surface area contributed by atoms with E-state index < -0.39 is 11.0 Å². The van der Waals surface area contributed by atoms with E-state index in [2.05, 4.69) is 20.6 Å². The molecule has 3 rings (SSSR count). The fourth-order valence-electron chi connectivity index (χ4n) is 3.59. The van der Waals surface area contributed by atoms with E-state index in [0.717, 1.165) is 31.9 Å². The van der Waals surface area contributed by atoms with Crippen LogP contribution in [-0.2, 0) is 4.79 Å². The van der Waals surface area contributed by atoms with Crippen LogP contribution >= 0.6 is 0 Å². The van der Waals surface area contributed by atoms with Crippen LogP contribution in [0.4, 0.5) is 17.5 Å². The second kappa shape index (κ2) is 9.11. The number of likely N-dealkylation sites (tertiary alicyclic amines) is 1. The standard InChI is InChI=1S/C17H27N7O4/c18-12-3-1-11(2-4-12)7-19-16-14(24(27)28)8-20-17(22-16)21-9-15(26)23-6-5-13(25)10-23/h8,11-13,25H,1-7,9-10,18H2,(H2,19,20,21,22)/t11-,12-,13?. The number of aliphatic hydroxyl groups is 1. The highest BCUT2D eigenvalue weighted by Gasteiger charge is 2.25. The van der Waals surface area contributed by atoms with Crippen LogP contribution in [0.5, 0.6) is 0 Å². The van der Waals surface area contributed by atoms with Gasteiger partial charge in [0, 0.05) is 25.7 Å².